The van der Waals surface area contributed by atoms with Crippen molar-refractivity contribution in [3.63, 3.8) is 0 Å². The van der Waals surface area contributed by atoms with E-state index in [0.717, 1.165) is 12.1 Å². The van der Waals surface area contributed by atoms with Crippen LogP contribution in [0.1, 0.15) is 16.7 Å². The summed E-state index contributed by atoms with van der Waals surface area (Å²) in [6, 6.07) is 29.0. The van der Waals surface area contributed by atoms with Crippen LogP contribution in [-0.4, -0.2) is 6.21 Å². The lowest BCUT2D eigenvalue weighted by molar-refractivity contribution is 1.19. The smallest absolute Gasteiger partial charge is 0.0629 e. The number of para-hydroxylation sites is 1. The molecule has 102 valence electrons. The summed E-state index contributed by atoms with van der Waals surface area (Å²) < 4.78 is 0. The molecule has 0 heterocycles. The van der Waals surface area contributed by atoms with Crippen molar-refractivity contribution in [2.24, 2.45) is 4.99 Å². The molecule has 3 aromatic rings. The van der Waals surface area contributed by atoms with Gasteiger partial charge in [0, 0.05) is 6.21 Å². The van der Waals surface area contributed by atoms with Crippen LogP contribution in [0.25, 0.3) is 0 Å². The maximum atomic E-state index is 4.55. The number of nitrogens with zero attached hydrogens (tertiary/aromatic N) is 1. The Bertz CT molecular complexity index is 715. The molecule has 0 radical (unpaired) electrons. The lowest BCUT2D eigenvalue weighted by Gasteiger charge is -2.05. The maximum Gasteiger partial charge on any atom is 0.0629 e. The van der Waals surface area contributed by atoms with Crippen LogP contribution in [0.5, 0.6) is 0 Å². The normalized spacial score (nSPS) is 10.9. The molecule has 0 saturated carbocycles. The van der Waals surface area contributed by atoms with E-state index >= 15 is 0 Å². The predicted molar refractivity (Wildman–Crippen MR) is 89.4 cm³/mol. The van der Waals surface area contributed by atoms with Crippen molar-refractivity contribution in [2.45, 2.75) is 6.42 Å². The Kier molecular flexibility index (Phi) is 4.23. The van der Waals surface area contributed by atoms with Crippen molar-refractivity contribution in [3.8, 4) is 0 Å². The molecule has 0 atom stereocenters. The molecule has 0 aromatic heterocycles. The van der Waals surface area contributed by atoms with Gasteiger partial charge in [0.05, 0.1) is 5.69 Å². The molecule has 0 spiro atoms. The third-order valence-electron chi connectivity index (χ3n) is 3.40. The maximum absolute atomic E-state index is 4.55. The fraction of sp³-hybridized carbons (Fsp3) is 0.0500. The Morgan fingerprint density at radius 1 is 0.667 bits per heavy atom. The summed E-state index contributed by atoms with van der Waals surface area (Å²) in [7, 11) is 0. The van der Waals surface area contributed by atoms with E-state index in [9.17, 15) is 0 Å². The predicted octanol–water partition coefficient (Wildman–Crippen LogP) is 5.03. The van der Waals surface area contributed by atoms with Crippen molar-refractivity contribution in [3.05, 3.63) is 102 Å². The van der Waals surface area contributed by atoms with Gasteiger partial charge in [-0.25, -0.2) is 0 Å². The van der Waals surface area contributed by atoms with Gasteiger partial charge in [-0.3, -0.25) is 4.99 Å². The van der Waals surface area contributed by atoms with E-state index in [1.807, 2.05) is 42.6 Å². The van der Waals surface area contributed by atoms with E-state index in [1.165, 1.54) is 16.7 Å². The van der Waals surface area contributed by atoms with Crippen LogP contribution in [0, 0.1) is 0 Å². The van der Waals surface area contributed by atoms with Crippen LogP contribution < -0.4 is 0 Å². The van der Waals surface area contributed by atoms with Crippen LogP contribution in [0.3, 0.4) is 0 Å². The van der Waals surface area contributed by atoms with E-state index in [1.54, 1.807) is 0 Å². The molecule has 3 rings (SSSR count). The average Bonchev–Trinajstić information content (AvgIpc) is 2.56. The minimum absolute atomic E-state index is 0.928. The summed E-state index contributed by atoms with van der Waals surface area (Å²) in [5, 5.41) is 0. The van der Waals surface area contributed by atoms with Gasteiger partial charge in [-0.15, -0.1) is 0 Å². The topological polar surface area (TPSA) is 12.4 Å². The quantitative estimate of drug-likeness (QED) is 0.590. The average molecular weight is 271 g/mol. The summed E-state index contributed by atoms with van der Waals surface area (Å²) in [6.45, 7) is 0. The standard InChI is InChI=1S/C20H17N/c1-3-9-17(10-4-1)15-18-11-7-8-12-19(18)16-21-20-13-5-2-6-14-20/h1-14,16H,15H2. The largest absolute Gasteiger partial charge is 0.256 e. The highest BCUT2D eigenvalue weighted by Gasteiger charge is 2.00. The molecule has 21 heavy (non-hydrogen) atoms. The minimum Gasteiger partial charge on any atom is -0.256 e. The highest BCUT2D eigenvalue weighted by molar-refractivity contribution is 5.84. The molecule has 0 aliphatic carbocycles. The fourth-order valence-corrected chi connectivity index (χ4v) is 2.30. The van der Waals surface area contributed by atoms with Crippen LogP contribution >= 0.6 is 0 Å². The van der Waals surface area contributed by atoms with Gasteiger partial charge in [-0.2, -0.15) is 0 Å². The summed E-state index contributed by atoms with van der Waals surface area (Å²) >= 11 is 0. The Morgan fingerprint density at radius 3 is 2.05 bits per heavy atom. The van der Waals surface area contributed by atoms with Crippen LogP contribution in [0.15, 0.2) is 89.9 Å². The van der Waals surface area contributed by atoms with Crippen LogP contribution in [-0.2, 0) is 6.42 Å². The van der Waals surface area contributed by atoms with Crippen molar-refractivity contribution in [1.82, 2.24) is 0 Å². The Hall–Kier alpha value is -2.67. The lowest BCUT2D eigenvalue weighted by Crippen LogP contribution is -1.94. The zero-order valence-corrected chi connectivity index (χ0v) is 11.8. The van der Waals surface area contributed by atoms with Gasteiger partial charge in [-0.05, 0) is 35.2 Å². The van der Waals surface area contributed by atoms with Gasteiger partial charge in [0.15, 0.2) is 0 Å². The van der Waals surface area contributed by atoms with E-state index in [2.05, 4.69) is 53.5 Å². The van der Waals surface area contributed by atoms with Gasteiger partial charge in [-0.1, -0.05) is 72.8 Å². The van der Waals surface area contributed by atoms with E-state index in [0.29, 0.717) is 0 Å². The van der Waals surface area contributed by atoms with Crippen molar-refractivity contribution >= 4 is 11.9 Å². The first-order chi connectivity index (χ1) is 10.4. The van der Waals surface area contributed by atoms with E-state index in [4.69, 9.17) is 0 Å². The monoisotopic (exact) mass is 271 g/mol. The Labute approximate surface area is 125 Å². The fourth-order valence-electron chi connectivity index (χ4n) is 2.30. The van der Waals surface area contributed by atoms with E-state index < -0.39 is 0 Å². The SMILES string of the molecule is C(=Nc1ccccc1)c1ccccc1Cc1ccccc1. The van der Waals surface area contributed by atoms with Gasteiger partial charge >= 0.3 is 0 Å². The molecule has 0 unspecified atom stereocenters. The Balaban J connectivity index is 1.84. The second-order valence-electron chi connectivity index (χ2n) is 4.95. The molecule has 3 aromatic carbocycles. The molecular weight excluding hydrogens is 254 g/mol. The molecule has 0 bridgehead atoms. The highest BCUT2D eigenvalue weighted by atomic mass is 14.7. The van der Waals surface area contributed by atoms with Gasteiger partial charge in [0.25, 0.3) is 0 Å². The number of hydrogen-bond donors (Lipinski definition) is 0. The molecule has 0 amide bonds. The van der Waals surface area contributed by atoms with E-state index in [-0.39, 0.29) is 0 Å². The molecule has 0 aliphatic heterocycles. The van der Waals surface area contributed by atoms with Gasteiger partial charge in [0.2, 0.25) is 0 Å². The Morgan fingerprint density at radius 2 is 1.29 bits per heavy atom. The second-order valence-corrected chi connectivity index (χ2v) is 4.95. The zero-order valence-electron chi connectivity index (χ0n) is 11.8. The number of benzene rings is 3. The number of rotatable bonds is 4. The van der Waals surface area contributed by atoms with Crippen LogP contribution in [0.2, 0.25) is 0 Å². The van der Waals surface area contributed by atoms with Crippen molar-refractivity contribution < 1.29 is 0 Å². The molecule has 0 saturated heterocycles. The first-order valence-corrected chi connectivity index (χ1v) is 7.13. The number of aliphatic imine (C=N–C) groups is 1. The highest BCUT2D eigenvalue weighted by Crippen LogP contribution is 2.15. The van der Waals surface area contributed by atoms with Crippen LogP contribution in [0.4, 0.5) is 5.69 Å². The van der Waals surface area contributed by atoms with Gasteiger partial charge < -0.3 is 0 Å². The van der Waals surface area contributed by atoms with Gasteiger partial charge in [0.1, 0.15) is 0 Å². The molecule has 0 aliphatic rings. The third-order valence-corrected chi connectivity index (χ3v) is 3.40. The van der Waals surface area contributed by atoms with Crippen molar-refractivity contribution in [1.29, 1.82) is 0 Å². The third kappa shape index (κ3) is 3.67. The molecule has 1 nitrogen and oxygen atoms in total. The van der Waals surface area contributed by atoms with Crippen molar-refractivity contribution in [2.75, 3.05) is 0 Å². The minimum atomic E-state index is 0.928. The first kappa shape index (κ1) is 13.3. The summed E-state index contributed by atoms with van der Waals surface area (Å²) in [4.78, 5) is 4.55. The lowest BCUT2D eigenvalue weighted by atomic mass is 10.0. The summed E-state index contributed by atoms with van der Waals surface area (Å²) in [5.74, 6) is 0. The first-order valence-electron chi connectivity index (χ1n) is 7.13. The summed E-state index contributed by atoms with van der Waals surface area (Å²) in [6.07, 6.45) is 2.88. The summed E-state index contributed by atoms with van der Waals surface area (Å²) in [5.41, 5.74) is 4.76. The molecule has 0 N–H and O–H groups in total. The molecule has 1 heteroatoms. The molecular formula is C20H17N. The second kappa shape index (κ2) is 6.67. The molecule has 0 fully saturated rings. The number of hydrogen-bond acceptors (Lipinski definition) is 1. The zero-order chi connectivity index (χ0) is 14.3.